The van der Waals surface area contributed by atoms with Crippen molar-refractivity contribution < 1.29 is 19.4 Å². The van der Waals surface area contributed by atoms with Crippen LogP contribution in [0.3, 0.4) is 0 Å². The molecule has 0 aromatic heterocycles. The summed E-state index contributed by atoms with van der Waals surface area (Å²) in [6.07, 6.45) is -1.22. The number of ether oxygens (including phenoxy) is 2. The number of halogens is 1. The van der Waals surface area contributed by atoms with Gasteiger partial charge >= 0.3 is 0 Å². The van der Waals surface area contributed by atoms with Gasteiger partial charge in [0.2, 0.25) is 0 Å². The number of carbonyl (C=O) groups excluding carboxylic acids is 1. The largest absolute Gasteiger partial charge is 0.497 e. The van der Waals surface area contributed by atoms with Gasteiger partial charge in [0.25, 0.3) is 0 Å². The van der Waals surface area contributed by atoms with Crippen molar-refractivity contribution in [2.45, 2.75) is 6.10 Å². The van der Waals surface area contributed by atoms with E-state index in [1.54, 1.807) is 56.7 Å². The van der Waals surface area contributed by atoms with Gasteiger partial charge in [0.15, 0.2) is 5.78 Å². The highest BCUT2D eigenvalue weighted by atomic mass is 79.9. The number of ketones is 1. The second kappa shape index (κ2) is 6.74. The molecule has 2 rings (SSSR count). The molecular formula is C16H15BrO4. The van der Waals surface area contributed by atoms with Crippen LogP contribution in [0.2, 0.25) is 0 Å². The number of hydrogen-bond donors (Lipinski definition) is 1. The van der Waals surface area contributed by atoms with Gasteiger partial charge in [-0.2, -0.15) is 0 Å². The Labute approximate surface area is 131 Å². The lowest BCUT2D eigenvalue weighted by atomic mass is 10.00. The molecule has 0 heterocycles. The van der Waals surface area contributed by atoms with Crippen molar-refractivity contribution in [2.24, 2.45) is 0 Å². The van der Waals surface area contributed by atoms with Crippen LogP contribution in [-0.2, 0) is 0 Å². The number of carbonyl (C=O) groups is 1. The van der Waals surface area contributed by atoms with Crippen molar-refractivity contribution in [1.82, 2.24) is 0 Å². The third kappa shape index (κ3) is 3.43. The van der Waals surface area contributed by atoms with E-state index in [2.05, 4.69) is 15.9 Å². The quantitative estimate of drug-likeness (QED) is 0.839. The molecule has 1 atom stereocenters. The van der Waals surface area contributed by atoms with Crippen LogP contribution in [0.15, 0.2) is 46.9 Å². The van der Waals surface area contributed by atoms with Crippen LogP contribution >= 0.6 is 15.9 Å². The molecule has 4 nitrogen and oxygen atoms in total. The van der Waals surface area contributed by atoms with Crippen molar-refractivity contribution >= 4 is 21.7 Å². The molecule has 1 N–H and O–H groups in total. The van der Waals surface area contributed by atoms with Gasteiger partial charge in [-0.15, -0.1) is 0 Å². The molecule has 2 aromatic rings. The van der Waals surface area contributed by atoms with Crippen LogP contribution in [0.5, 0.6) is 11.5 Å². The van der Waals surface area contributed by atoms with Gasteiger partial charge in [-0.1, -0.05) is 12.1 Å². The standard InChI is InChI=1S/C16H15BrO4/c1-20-11-5-3-10(4-6-11)15(18)16(19)13-8-7-12(21-2)9-14(13)17/h3-9,15,18H,1-2H3. The molecule has 0 radical (unpaired) electrons. The zero-order valence-corrected chi connectivity index (χ0v) is 13.3. The fourth-order valence-electron chi connectivity index (χ4n) is 1.91. The molecule has 0 spiro atoms. The number of Topliss-reactive ketones (excluding diaryl/α,β-unsaturated/α-hetero) is 1. The molecule has 0 saturated carbocycles. The third-order valence-corrected chi connectivity index (χ3v) is 3.78. The smallest absolute Gasteiger partial charge is 0.196 e. The Morgan fingerprint density at radius 1 is 1.05 bits per heavy atom. The van der Waals surface area contributed by atoms with E-state index in [1.807, 2.05) is 0 Å². The summed E-state index contributed by atoms with van der Waals surface area (Å²) < 4.78 is 10.7. The number of hydrogen-bond acceptors (Lipinski definition) is 4. The van der Waals surface area contributed by atoms with Crippen LogP contribution < -0.4 is 9.47 Å². The SMILES string of the molecule is COc1ccc(C(O)C(=O)c2ccc(OC)cc2Br)cc1. The summed E-state index contributed by atoms with van der Waals surface area (Å²) >= 11 is 3.32. The fraction of sp³-hybridized carbons (Fsp3) is 0.188. The molecule has 2 aromatic carbocycles. The zero-order chi connectivity index (χ0) is 15.4. The van der Waals surface area contributed by atoms with E-state index in [4.69, 9.17) is 9.47 Å². The summed E-state index contributed by atoms with van der Waals surface area (Å²) in [5.41, 5.74) is 0.919. The Morgan fingerprint density at radius 2 is 1.62 bits per heavy atom. The molecule has 0 aliphatic rings. The normalized spacial score (nSPS) is 11.8. The number of benzene rings is 2. The van der Waals surface area contributed by atoms with E-state index < -0.39 is 6.10 Å². The molecule has 21 heavy (non-hydrogen) atoms. The first-order valence-electron chi connectivity index (χ1n) is 6.26. The molecule has 0 bridgehead atoms. The Kier molecular flexibility index (Phi) is 4.98. The summed E-state index contributed by atoms with van der Waals surface area (Å²) in [7, 11) is 3.11. The first-order valence-corrected chi connectivity index (χ1v) is 7.06. The van der Waals surface area contributed by atoms with Gasteiger partial charge in [0.05, 0.1) is 14.2 Å². The van der Waals surface area contributed by atoms with E-state index >= 15 is 0 Å². The summed E-state index contributed by atoms with van der Waals surface area (Å²) in [5, 5.41) is 10.2. The number of methoxy groups -OCH3 is 2. The molecule has 0 fully saturated rings. The Hall–Kier alpha value is -1.85. The van der Waals surface area contributed by atoms with Crippen LogP contribution in [0, 0.1) is 0 Å². The topological polar surface area (TPSA) is 55.8 Å². The van der Waals surface area contributed by atoms with Crippen molar-refractivity contribution in [2.75, 3.05) is 14.2 Å². The molecular weight excluding hydrogens is 336 g/mol. The Morgan fingerprint density at radius 3 is 2.14 bits per heavy atom. The van der Waals surface area contributed by atoms with Gasteiger partial charge in [-0.05, 0) is 51.8 Å². The van der Waals surface area contributed by atoms with E-state index in [1.165, 1.54) is 0 Å². The summed E-state index contributed by atoms with van der Waals surface area (Å²) in [6, 6.07) is 11.7. The second-order valence-corrected chi connectivity index (χ2v) is 5.24. The van der Waals surface area contributed by atoms with Gasteiger partial charge in [0, 0.05) is 10.0 Å². The van der Waals surface area contributed by atoms with Crippen molar-refractivity contribution in [3.8, 4) is 11.5 Å². The minimum atomic E-state index is -1.22. The first kappa shape index (κ1) is 15.5. The maximum atomic E-state index is 12.4. The molecule has 1 unspecified atom stereocenters. The van der Waals surface area contributed by atoms with Crippen LogP contribution in [0.25, 0.3) is 0 Å². The lowest BCUT2D eigenvalue weighted by Gasteiger charge is -2.12. The monoisotopic (exact) mass is 350 g/mol. The Balaban J connectivity index is 2.25. The highest BCUT2D eigenvalue weighted by molar-refractivity contribution is 9.10. The summed E-state index contributed by atoms with van der Waals surface area (Å²) in [6.45, 7) is 0. The number of rotatable bonds is 5. The number of aliphatic hydroxyl groups excluding tert-OH is 1. The molecule has 0 amide bonds. The first-order chi connectivity index (χ1) is 10.1. The highest BCUT2D eigenvalue weighted by Gasteiger charge is 2.21. The van der Waals surface area contributed by atoms with Crippen molar-refractivity contribution in [1.29, 1.82) is 0 Å². The van der Waals surface area contributed by atoms with Crippen molar-refractivity contribution in [3.05, 3.63) is 58.1 Å². The zero-order valence-electron chi connectivity index (χ0n) is 11.7. The predicted molar refractivity (Wildman–Crippen MR) is 83.0 cm³/mol. The fourth-order valence-corrected chi connectivity index (χ4v) is 2.46. The molecule has 0 saturated heterocycles. The van der Waals surface area contributed by atoms with Crippen molar-refractivity contribution in [3.63, 3.8) is 0 Å². The highest BCUT2D eigenvalue weighted by Crippen LogP contribution is 2.28. The minimum absolute atomic E-state index is 0.380. The molecule has 0 aliphatic carbocycles. The van der Waals surface area contributed by atoms with Crippen LogP contribution in [0.4, 0.5) is 0 Å². The third-order valence-electron chi connectivity index (χ3n) is 3.12. The van der Waals surface area contributed by atoms with E-state index in [9.17, 15) is 9.90 Å². The van der Waals surface area contributed by atoms with Gasteiger partial charge in [-0.3, -0.25) is 4.79 Å². The van der Waals surface area contributed by atoms with E-state index in [0.717, 1.165) is 0 Å². The van der Waals surface area contributed by atoms with Gasteiger partial charge < -0.3 is 14.6 Å². The average Bonchev–Trinajstić information content (AvgIpc) is 2.53. The average molecular weight is 351 g/mol. The number of aliphatic hydroxyl groups is 1. The van der Waals surface area contributed by atoms with Gasteiger partial charge in [0.1, 0.15) is 17.6 Å². The minimum Gasteiger partial charge on any atom is -0.497 e. The summed E-state index contributed by atoms with van der Waals surface area (Å²) in [4.78, 5) is 12.4. The molecule has 0 aliphatic heterocycles. The maximum Gasteiger partial charge on any atom is 0.196 e. The van der Waals surface area contributed by atoms with E-state index in [0.29, 0.717) is 27.1 Å². The van der Waals surface area contributed by atoms with E-state index in [-0.39, 0.29) is 5.78 Å². The van der Waals surface area contributed by atoms with Gasteiger partial charge in [-0.25, -0.2) is 0 Å². The maximum absolute atomic E-state index is 12.4. The Bertz CT molecular complexity index is 637. The second-order valence-electron chi connectivity index (χ2n) is 4.39. The lowest BCUT2D eigenvalue weighted by Crippen LogP contribution is -2.13. The van der Waals surface area contributed by atoms with Crippen LogP contribution in [0.1, 0.15) is 22.0 Å². The summed E-state index contributed by atoms with van der Waals surface area (Å²) in [5.74, 6) is 0.927. The lowest BCUT2D eigenvalue weighted by molar-refractivity contribution is 0.0746. The molecule has 110 valence electrons. The van der Waals surface area contributed by atoms with Crippen LogP contribution in [-0.4, -0.2) is 25.1 Å². The molecule has 5 heteroatoms. The predicted octanol–water partition coefficient (Wildman–Crippen LogP) is 3.38.